The molecule has 0 heterocycles. The van der Waals surface area contributed by atoms with Crippen molar-refractivity contribution in [1.29, 1.82) is 0 Å². The van der Waals surface area contributed by atoms with E-state index in [0.29, 0.717) is 28.9 Å². The van der Waals surface area contributed by atoms with E-state index in [2.05, 4.69) is 19.2 Å². The van der Waals surface area contributed by atoms with Gasteiger partial charge < -0.3 is 14.8 Å². The molecule has 2 aromatic carbocycles. The third kappa shape index (κ3) is 5.70. The summed E-state index contributed by atoms with van der Waals surface area (Å²) in [6.45, 7) is 8.61. The summed E-state index contributed by atoms with van der Waals surface area (Å²) in [6.07, 6.45) is 0.0735. The second-order valence-electron chi connectivity index (χ2n) is 6.50. The van der Waals surface area contributed by atoms with Gasteiger partial charge >= 0.3 is 0 Å². The average molecular weight is 374 g/mol. The zero-order valence-corrected chi connectivity index (χ0v) is 16.9. The van der Waals surface area contributed by atoms with Crippen LogP contribution in [0, 0.1) is 0 Å². The number of rotatable bonds is 8. The lowest BCUT2D eigenvalue weighted by Crippen LogP contribution is -2.23. The van der Waals surface area contributed by atoms with Crippen LogP contribution < -0.4 is 14.8 Å². The predicted octanol–water partition coefficient (Wildman–Crippen LogP) is 4.91. The smallest absolute Gasteiger partial charge is 0.252 e. The number of ether oxygens (including phenoxy) is 2. The van der Waals surface area contributed by atoms with Crippen molar-refractivity contribution in [3.8, 4) is 11.5 Å². The van der Waals surface area contributed by atoms with Crippen LogP contribution in [0.2, 0.25) is 0 Å². The van der Waals surface area contributed by atoms with Crippen molar-refractivity contribution in [2.45, 2.75) is 50.5 Å². The topological polar surface area (TPSA) is 47.6 Å². The normalized spacial score (nSPS) is 10.9. The number of hydrogen-bond acceptors (Lipinski definition) is 4. The molecule has 0 aromatic heterocycles. The second kappa shape index (κ2) is 9.53. The molecule has 0 aliphatic heterocycles. The van der Waals surface area contributed by atoms with Crippen molar-refractivity contribution in [2.24, 2.45) is 0 Å². The largest absolute Gasteiger partial charge is 0.493 e. The van der Waals surface area contributed by atoms with Crippen molar-refractivity contribution in [3.05, 3.63) is 53.6 Å². The maximum atomic E-state index is 12.6. The lowest BCUT2D eigenvalue weighted by molar-refractivity contribution is 0.0948. The van der Waals surface area contributed by atoms with Crippen molar-refractivity contribution < 1.29 is 14.3 Å². The van der Waals surface area contributed by atoms with E-state index >= 15 is 0 Å². The van der Waals surface area contributed by atoms with E-state index in [4.69, 9.17) is 9.47 Å². The summed E-state index contributed by atoms with van der Waals surface area (Å²) >= 11 is 1.69. The highest BCUT2D eigenvalue weighted by atomic mass is 32.2. The summed E-state index contributed by atoms with van der Waals surface area (Å²) in [6, 6.07) is 13.4. The van der Waals surface area contributed by atoms with Gasteiger partial charge in [-0.25, -0.2) is 0 Å². The highest BCUT2D eigenvalue weighted by Gasteiger charge is 2.13. The molecule has 0 saturated carbocycles. The quantitative estimate of drug-likeness (QED) is 0.668. The van der Waals surface area contributed by atoms with Crippen LogP contribution in [0.4, 0.5) is 0 Å². The van der Waals surface area contributed by atoms with Gasteiger partial charge in [0.15, 0.2) is 11.5 Å². The Morgan fingerprint density at radius 1 is 1.08 bits per heavy atom. The summed E-state index contributed by atoms with van der Waals surface area (Å²) in [5.41, 5.74) is 1.67. The monoisotopic (exact) mass is 373 g/mol. The molecule has 0 spiro atoms. The number of methoxy groups -OCH3 is 1. The van der Waals surface area contributed by atoms with Crippen LogP contribution in [0.15, 0.2) is 47.4 Å². The van der Waals surface area contributed by atoms with Crippen LogP contribution in [-0.2, 0) is 6.54 Å². The molecular weight excluding hydrogens is 346 g/mol. The Morgan fingerprint density at radius 3 is 2.46 bits per heavy atom. The average Bonchev–Trinajstić information content (AvgIpc) is 2.60. The summed E-state index contributed by atoms with van der Waals surface area (Å²) in [5.74, 6) is 1.30. The molecule has 0 aliphatic carbocycles. The van der Waals surface area contributed by atoms with Gasteiger partial charge in [0.05, 0.1) is 18.8 Å². The fourth-order valence-corrected chi connectivity index (χ4v) is 3.41. The summed E-state index contributed by atoms with van der Waals surface area (Å²) < 4.78 is 11.1. The molecule has 0 bridgehead atoms. The molecule has 0 radical (unpaired) electrons. The lowest BCUT2D eigenvalue weighted by Gasteiger charge is -2.15. The molecule has 0 saturated heterocycles. The number of amides is 1. The van der Waals surface area contributed by atoms with Gasteiger partial charge in [-0.3, -0.25) is 4.79 Å². The first-order valence-electron chi connectivity index (χ1n) is 8.78. The van der Waals surface area contributed by atoms with E-state index < -0.39 is 0 Å². The van der Waals surface area contributed by atoms with Crippen LogP contribution in [0.25, 0.3) is 0 Å². The van der Waals surface area contributed by atoms with E-state index in [1.807, 2.05) is 56.3 Å². The van der Waals surface area contributed by atoms with Gasteiger partial charge in [-0.05, 0) is 43.7 Å². The zero-order valence-electron chi connectivity index (χ0n) is 16.0. The van der Waals surface area contributed by atoms with Crippen LogP contribution in [0.3, 0.4) is 0 Å². The van der Waals surface area contributed by atoms with Gasteiger partial charge in [-0.1, -0.05) is 32.0 Å². The van der Waals surface area contributed by atoms with Crippen LogP contribution in [0.5, 0.6) is 11.5 Å². The fraction of sp³-hybridized carbons (Fsp3) is 0.381. The summed E-state index contributed by atoms with van der Waals surface area (Å²) in [5, 5.41) is 3.41. The number of carbonyl (C=O) groups excluding carboxylic acids is 1. The molecule has 5 heteroatoms. The van der Waals surface area contributed by atoms with E-state index in [9.17, 15) is 4.79 Å². The van der Waals surface area contributed by atoms with Gasteiger partial charge in [0.1, 0.15) is 0 Å². The Balaban J connectivity index is 2.08. The minimum absolute atomic E-state index is 0.0735. The van der Waals surface area contributed by atoms with Gasteiger partial charge in [-0.2, -0.15) is 0 Å². The number of thioether (sulfide) groups is 1. The molecule has 2 rings (SSSR count). The molecule has 140 valence electrons. The van der Waals surface area contributed by atoms with E-state index in [0.717, 1.165) is 10.5 Å². The second-order valence-corrected chi connectivity index (χ2v) is 8.12. The first-order valence-corrected chi connectivity index (χ1v) is 9.66. The number of nitrogens with one attached hydrogen (secondary N) is 1. The minimum Gasteiger partial charge on any atom is -0.493 e. The standard InChI is InChI=1S/C21H27NO3S/c1-14(2)25-18-11-10-16(12-19(18)24-5)13-22-21(23)17-8-6-7-9-20(17)26-15(3)4/h6-12,14-15H,13H2,1-5H3,(H,22,23). The molecule has 0 aliphatic rings. The van der Waals surface area contributed by atoms with Crippen molar-refractivity contribution >= 4 is 17.7 Å². The molecule has 26 heavy (non-hydrogen) atoms. The van der Waals surface area contributed by atoms with Crippen molar-refractivity contribution in [2.75, 3.05) is 7.11 Å². The number of carbonyl (C=O) groups is 1. The van der Waals surface area contributed by atoms with Gasteiger partial charge in [0, 0.05) is 16.7 Å². The third-order valence-electron chi connectivity index (χ3n) is 3.54. The van der Waals surface area contributed by atoms with E-state index in [1.165, 1.54) is 0 Å². The van der Waals surface area contributed by atoms with E-state index in [1.54, 1.807) is 18.9 Å². The Morgan fingerprint density at radius 2 is 1.81 bits per heavy atom. The summed E-state index contributed by atoms with van der Waals surface area (Å²) in [4.78, 5) is 13.6. The fourth-order valence-electron chi connectivity index (χ4n) is 2.46. The summed E-state index contributed by atoms with van der Waals surface area (Å²) in [7, 11) is 1.62. The van der Waals surface area contributed by atoms with Gasteiger partial charge in [0.25, 0.3) is 5.91 Å². The first-order chi connectivity index (χ1) is 12.4. The molecule has 1 N–H and O–H groups in total. The van der Waals surface area contributed by atoms with Crippen LogP contribution >= 0.6 is 11.8 Å². The van der Waals surface area contributed by atoms with Crippen molar-refractivity contribution in [3.63, 3.8) is 0 Å². The molecule has 0 unspecified atom stereocenters. The molecule has 2 aromatic rings. The highest BCUT2D eigenvalue weighted by Crippen LogP contribution is 2.29. The number of benzene rings is 2. The lowest BCUT2D eigenvalue weighted by atomic mass is 10.1. The highest BCUT2D eigenvalue weighted by molar-refractivity contribution is 8.00. The minimum atomic E-state index is -0.0739. The Bertz CT molecular complexity index is 744. The Kier molecular flexibility index (Phi) is 7.39. The van der Waals surface area contributed by atoms with Crippen molar-refractivity contribution in [1.82, 2.24) is 5.32 Å². The SMILES string of the molecule is COc1cc(CNC(=O)c2ccccc2SC(C)C)ccc1OC(C)C. The zero-order chi connectivity index (χ0) is 19.1. The van der Waals surface area contributed by atoms with E-state index in [-0.39, 0.29) is 12.0 Å². The van der Waals surface area contributed by atoms with Crippen LogP contribution in [0.1, 0.15) is 43.6 Å². The maximum Gasteiger partial charge on any atom is 0.252 e. The molecule has 1 amide bonds. The molecule has 0 fully saturated rings. The van der Waals surface area contributed by atoms with Gasteiger partial charge in [-0.15, -0.1) is 11.8 Å². The van der Waals surface area contributed by atoms with Gasteiger partial charge in [0.2, 0.25) is 0 Å². The van der Waals surface area contributed by atoms with Crippen LogP contribution in [-0.4, -0.2) is 24.4 Å². The number of hydrogen-bond donors (Lipinski definition) is 1. The molecule has 0 atom stereocenters. The molecule has 4 nitrogen and oxygen atoms in total. The first kappa shape index (κ1) is 20.2. The molecular formula is C21H27NO3S. The third-order valence-corrected chi connectivity index (χ3v) is 4.62. The maximum absolute atomic E-state index is 12.6. The Labute approximate surface area is 160 Å². The Hall–Kier alpha value is -2.14. The predicted molar refractivity (Wildman–Crippen MR) is 107 cm³/mol.